The predicted molar refractivity (Wildman–Crippen MR) is 174 cm³/mol. The monoisotopic (exact) mass is 662 g/mol. The van der Waals surface area contributed by atoms with Gasteiger partial charge in [-0.3, -0.25) is 0 Å². The molecule has 0 amide bonds. The third-order valence-corrected chi connectivity index (χ3v) is 4.36. The molecule has 2 rings (SSSR count). The number of aliphatic carboxylic acids is 1. The number of methoxy groups -OCH3 is 2. The lowest BCUT2D eigenvalue weighted by Gasteiger charge is -2.20. The number of carboxylic acids is 1. The molecule has 0 radical (unpaired) electrons. The molecule has 0 spiro atoms. The lowest BCUT2D eigenvalue weighted by atomic mass is 10.1. The van der Waals surface area contributed by atoms with Gasteiger partial charge in [0.2, 0.25) is 0 Å². The highest BCUT2D eigenvalue weighted by Gasteiger charge is 2.22. The Kier molecular flexibility index (Phi) is 21.6. The second-order valence-electron chi connectivity index (χ2n) is 10.5. The number of esters is 5. The molecule has 47 heavy (non-hydrogen) atoms. The van der Waals surface area contributed by atoms with Crippen LogP contribution >= 0.6 is 0 Å². The van der Waals surface area contributed by atoms with Crippen LogP contribution in [0.3, 0.4) is 0 Å². The summed E-state index contributed by atoms with van der Waals surface area (Å²) in [5.41, 5.74) is -0.891. The van der Waals surface area contributed by atoms with Crippen molar-refractivity contribution in [3.63, 3.8) is 0 Å². The summed E-state index contributed by atoms with van der Waals surface area (Å²) < 4.78 is 23.9. The molecule has 0 atom stereocenters. The molecule has 2 aromatic carbocycles. The number of carbonyl (C=O) groups is 6. The van der Waals surface area contributed by atoms with Crippen molar-refractivity contribution in [3.05, 3.63) is 84.0 Å². The summed E-state index contributed by atoms with van der Waals surface area (Å²) in [7, 11) is 2.37. The van der Waals surface area contributed by atoms with Crippen LogP contribution in [0.2, 0.25) is 0 Å². The standard InChI is InChI=1S/C16H18O6.C11H14O3.C5H6O4.2CH4/c1-16(2,3)22-15(19)11-7-5-6-8-12(11)21-14(18)10-9-13(17)20-4;1-11(2,3)14-10(13)8-6-4-5-7-9(8)12;1-9-5(8)3-2-4(6)7;;/h5-10H,1-4H3;4-7,12H,1-3H3;2-3H,1H3,(H,6,7);2*1H4/b10-9+;;3-2+;;. The molecule has 0 saturated carbocycles. The molecule has 0 aliphatic heterocycles. The summed E-state index contributed by atoms with van der Waals surface area (Å²) in [4.78, 5) is 66.0. The van der Waals surface area contributed by atoms with Gasteiger partial charge in [0.1, 0.15) is 33.8 Å². The van der Waals surface area contributed by atoms with Crippen LogP contribution in [0.15, 0.2) is 72.8 Å². The first-order valence-electron chi connectivity index (χ1n) is 13.1. The van der Waals surface area contributed by atoms with Crippen LogP contribution in [0.4, 0.5) is 0 Å². The van der Waals surface area contributed by atoms with Crippen molar-refractivity contribution in [2.45, 2.75) is 67.6 Å². The Balaban J connectivity index is -0.000000666. The zero-order valence-electron chi connectivity index (χ0n) is 26.3. The van der Waals surface area contributed by atoms with E-state index in [0.717, 1.165) is 18.2 Å². The van der Waals surface area contributed by atoms with Gasteiger partial charge >= 0.3 is 35.8 Å². The zero-order chi connectivity index (χ0) is 34.8. The number of hydrogen-bond donors (Lipinski definition) is 2. The Morgan fingerprint density at radius 3 is 1.40 bits per heavy atom. The normalized spacial score (nSPS) is 10.3. The lowest BCUT2D eigenvalue weighted by molar-refractivity contribution is -0.136. The average Bonchev–Trinajstić information content (AvgIpc) is 2.93. The summed E-state index contributed by atoms with van der Waals surface area (Å²) in [5.74, 6) is -4.43. The van der Waals surface area contributed by atoms with E-state index in [2.05, 4.69) is 9.47 Å². The third kappa shape index (κ3) is 21.8. The number of phenolic OH excluding ortho intramolecular Hbond substituents is 1. The SMILES string of the molecule is C.C.CC(C)(C)OC(=O)c1ccccc1O.COC(=O)/C=C/C(=O)O.COC(=O)/C=C/C(=O)Oc1ccccc1C(=O)OC(C)(C)C. The molecule has 13 heteroatoms. The van der Waals surface area contributed by atoms with Crippen LogP contribution in [-0.4, -0.2) is 71.5 Å². The Bertz CT molecular complexity index is 1390. The van der Waals surface area contributed by atoms with Crippen molar-refractivity contribution in [3.8, 4) is 11.5 Å². The minimum atomic E-state index is -1.17. The maximum atomic E-state index is 12.1. The molecular formula is C34H46O13. The molecule has 0 unspecified atom stereocenters. The summed E-state index contributed by atoms with van der Waals surface area (Å²) >= 11 is 0. The first-order valence-corrected chi connectivity index (χ1v) is 13.1. The van der Waals surface area contributed by atoms with E-state index in [1.165, 1.54) is 38.5 Å². The maximum Gasteiger partial charge on any atom is 0.342 e. The number of aromatic hydroxyl groups is 1. The Labute approximate surface area is 275 Å². The number of carboxylic acid groups (broad SMARTS) is 1. The van der Waals surface area contributed by atoms with Gasteiger partial charge in [0, 0.05) is 24.3 Å². The molecule has 2 aromatic rings. The van der Waals surface area contributed by atoms with Crippen LogP contribution in [-0.2, 0) is 38.1 Å². The van der Waals surface area contributed by atoms with Crippen molar-refractivity contribution in [1.29, 1.82) is 0 Å². The molecule has 13 nitrogen and oxygen atoms in total. The van der Waals surface area contributed by atoms with Crippen LogP contribution in [0.1, 0.15) is 77.1 Å². The first-order chi connectivity index (χ1) is 20.8. The Morgan fingerprint density at radius 2 is 0.979 bits per heavy atom. The average molecular weight is 663 g/mol. The second-order valence-corrected chi connectivity index (χ2v) is 10.5. The fraction of sp³-hybridized carbons (Fsp3) is 0.353. The van der Waals surface area contributed by atoms with Gasteiger partial charge in [-0.1, -0.05) is 39.1 Å². The molecule has 0 heterocycles. The van der Waals surface area contributed by atoms with E-state index in [0.29, 0.717) is 6.08 Å². The van der Waals surface area contributed by atoms with E-state index in [-0.39, 0.29) is 37.5 Å². The predicted octanol–water partition coefficient (Wildman–Crippen LogP) is 5.70. The number of para-hydroxylation sites is 2. The Hall–Kier alpha value is -5.46. The zero-order valence-corrected chi connectivity index (χ0v) is 26.3. The molecule has 0 bridgehead atoms. The summed E-state index contributed by atoms with van der Waals surface area (Å²) in [5, 5.41) is 17.3. The number of rotatable bonds is 7. The Morgan fingerprint density at radius 1 is 0.596 bits per heavy atom. The first kappa shape index (κ1) is 46.0. The fourth-order valence-corrected chi connectivity index (χ4v) is 2.59. The van der Waals surface area contributed by atoms with Gasteiger partial charge in [0.15, 0.2) is 0 Å². The van der Waals surface area contributed by atoms with Gasteiger partial charge in [-0.25, -0.2) is 28.8 Å². The summed E-state index contributed by atoms with van der Waals surface area (Å²) in [6.07, 6.45) is 3.39. The minimum Gasteiger partial charge on any atom is -0.507 e. The van der Waals surface area contributed by atoms with Crippen molar-refractivity contribution in [1.82, 2.24) is 0 Å². The molecular weight excluding hydrogens is 616 g/mol. The molecule has 2 N–H and O–H groups in total. The topological polar surface area (TPSA) is 189 Å². The van der Waals surface area contributed by atoms with E-state index in [9.17, 15) is 33.9 Å². The molecule has 0 aliphatic carbocycles. The van der Waals surface area contributed by atoms with Gasteiger partial charge in [0.05, 0.1) is 14.2 Å². The summed E-state index contributed by atoms with van der Waals surface area (Å²) in [6, 6.07) is 12.5. The smallest absolute Gasteiger partial charge is 0.342 e. The maximum absolute atomic E-state index is 12.1. The van der Waals surface area contributed by atoms with Crippen LogP contribution in [0, 0.1) is 0 Å². The number of hydrogen-bond acceptors (Lipinski definition) is 12. The molecule has 260 valence electrons. The van der Waals surface area contributed by atoms with Crippen LogP contribution < -0.4 is 4.74 Å². The van der Waals surface area contributed by atoms with Crippen molar-refractivity contribution in [2.24, 2.45) is 0 Å². The van der Waals surface area contributed by atoms with E-state index >= 15 is 0 Å². The van der Waals surface area contributed by atoms with Crippen molar-refractivity contribution in [2.75, 3.05) is 14.2 Å². The van der Waals surface area contributed by atoms with Gasteiger partial charge in [-0.15, -0.1) is 0 Å². The quantitative estimate of drug-likeness (QED) is 0.159. The minimum absolute atomic E-state index is 0. The molecule has 0 saturated heterocycles. The lowest BCUT2D eigenvalue weighted by Crippen LogP contribution is -2.24. The highest BCUT2D eigenvalue weighted by atomic mass is 16.6. The van der Waals surface area contributed by atoms with Gasteiger partial charge < -0.3 is 33.9 Å². The number of phenols is 1. The van der Waals surface area contributed by atoms with Crippen LogP contribution in [0.25, 0.3) is 0 Å². The van der Waals surface area contributed by atoms with E-state index in [1.807, 2.05) is 0 Å². The summed E-state index contributed by atoms with van der Waals surface area (Å²) in [6.45, 7) is 10.6. The fourth-order valence-electron chi connectivity index (χ4n) is 2.59. The number of ether oxygens (including phenoxy) is 5. The highest BCUT2D eigenvalue weighted by molar-refractivity contribution is 5.96. The van der Waals surface area contributed by atoms with Crippen molar-refractivity contribution >= 4 is 35.8 Å². The van der Waals surface area contributed by atoms with Gasteiger partial charge in [0.25, 0.3) is 0 Å². The van der Waals surface area contributed by atoms with Crippen LogP contribution in [0.5, 0.6) is 11.5 Å². The van der Waals surface area contributed by atoms with Gasteiger partial charge in [-0.2, -0.15) is 0 Å². The third-order valence-electron chi connectivity index (χ3n) is 4.36. The van der Waals surface area contributed by atoms with E-state index in [1.54, 1.807) is 65.8 Å². The molecule has 0 fully saturated rings. The second kappa shape index (κ2) is 22.1. The number of carbonyl (C=O) groups excluding carboxylic acids is 5. The number of benzene rings is 2. The van der Waals surface area contributed by atoms with E-state index in [4.69, 9.17) is 19.3 Å². The van der Waals surface area contributed by atoms with Crippen molar-refractivity contribution < 1.29 is 62.7 Å². The highest BCUT2D eigenvalue weighted by Crippen LogP contribution is 2.22. The largest absolute Gasteiger partial charge is 0.507 e. The van der Waals surface area contributed by atoms with E-state index < -0.39 is 47.0 Å². The van der Waals surface area contributed by atoms with Gasteiger partial charge in [-0.05, 0) is 65.8 Å². The molecule has 0 aliphatic rings. The molecule has 0 aromatic heterocycles.